The Labute approximate surface area is 168 Å². The van der Waals surface area contributed by atoms with Gasteiger partial charge in [-0.25, -0.2) is 0 Å². The molecule has 0 aliphatic carbocycles. The molecule has 0 saturated carbocycles. The molecular formula is C20H22ClN3O4. The molecule has 0 spiro atoms. The Kier molecular flexibility index (Phi) is 6.36. The van der Waals surface area contributed by atoms with Gasteiger partial charge in [0.25, 0.3) is 11.6 Å². The van der Waals surface area contributed by atoms with Crippen molar-refractivity contribution in [2.24, 2.45) is 5.92 Å². The fraction of sp³-hybridized carbons (Fsp3) is 0.350. The van der Waals surface area contributed by atoms with E-state index < -0.39 is 4.92 Å². The molecule has 3 rings (SSSR count). The summed E-state index contributed by atoms with van der Waals surface area (Å²) < 4.78 is 5.36. The Morgan fingerprint density at radius 1 is 1.25 bits per heavy atom. The molecule has 2 aromatic carbocycles. The Bertz CT molecular complexity index is 849. The van der Waals surface area contributed by atoms with Gasteiger partial charge in [0.15, 0.2) is 6.61 Å². The number of carbonyl (C=O) groups is 1. The number of ether oxygens (including phenoxy) is 1. The van der Waals surface area contributed by atoms with Gasteiger partial charge in [0, 0.05) is 30.9 Å². The Morgan fingerprint density at radius 3 is 2.54 bits per heavy atom. The number of nitrogens with one attached hydrogen (secondary N) is 1. The molecule has 0 aromatic heterocycles. The Hall–Kier alpha value is -2.80. The minimum atomic E-state index is -0.492. The predicted octanol–water partition coefficient (Wildman–Crippen LogP) is 4.50. The van der Waals surface area contributed by atoms with Crippen LogP contribution in [-0.4, -0.2) is 30.5 Å². The van der Waals surface area contributed by atoms with Crippen molar-refractivity contribution < 1.29 is 14.5 Å². The van der Waals surface area contributed by atoms with Crippen molar-refractivity contribution in [2.45, 2.75) is 19.8 Å². The normalized spacial score (nSPS) is 14.6. The topological polar surface area (TPSA) is 84.7 Å². The van der Waals surface area contributed by atoms with Crippen molar-refractivity contribution in [3.63, 3.8) is 0 Å². The number of hydrogen-bond acceptors (Lipinski definition) is 5. The molecular weight excluding hydrogens is 382 g/mol. The zero-order chi connectivity index (χ0) is 20.1. The van der Waals surface area contributed by atoms with Gasteiger partial charge in [-0.3, -0.25) is 14.9 Å². The average Bonchev–Trinajstić information content (AvgIpc) is 2.68. The van der Waals surface area contributed by atoms with Crippen LogP contribution in [-0.2, 0) is 4.79 Å². The molecule has 0 radical (unpaired) electrons. The van der Waals surface area contributed by atoms with E-state index >= 15 is 0 Å². The van der Waals surface area contributed by atoms with E-state index in [9.17, 15) is 14.9 Å². The number of carbonyl (C=O) groups excluding carboxylic acids is 1. The van der Waals surface area contributed by atoms with E-state index in [1.54, 1.807) is 6.07 Å². The number of hydrogen-bond donors (Lipinski definition) is 1. The van der Waals surface area contributed by atoms with Crippen molar-refractivity contribution in [1.82, 2.24) is 0 Å². The number of amides is 1. The van der Waals surface area contributed by atoms with Gasteiger partial charge in [0.05, 0.1) is 15.6 Å². The summed E-state index contributed by atoms with van der Waals surface area (Å²) in [5.41, 5.74) is 1.54. The quantitative estimate of drug-likeness (QED) is 0.567. The third-order valence-electron chi connectivity index (χ3n) is 4.77. The van der Waals surface area contributed by atoms with Crippen LogP contribution >= 0.6 is 11.6 Å². The molecule has 2 aromatic rings. The third-order valence-corrected chi connectivity index (χ3v) is 5.08. The van der Waals surface area contributed by atoms with Gasteiger partial charge in [-0.2, -0.15) is 0 Å². The zero-order valence-electron chi connectivity index (χ0n) is 15.6. The summed E-state index contributed by atoms with van der Waals surface area (Å²) in [6.45, 7) is 4.02. The van der Waals surface area contributed by atoms with Gasteiger partial charge >= 0.3 is 0 Å². The molecule has 7 nitrogen and oxygen atoms in total. The summed E-state index contributed by atoms with van der Waals surface area (Å²) in [5.74, 6) is 0.784. The van der Waals surface area contributed by atoms with Gasteiger partial charge in [-0.05, 0) is 49.1 Å². The number of rotatable bonds is 6. The minimum Gasteiger partial charge on any atom is -0.484 e. The highest BCUT2D eigenvalue weighted by atomic mass is 35.5. The maximum Gasteiger partial charge on any atom is 0.269 e. The van der Waals surface area contributed by atoms with Gasteiger partial charge in [0.2, 0.25) is 0 Å². The van der Waals surface area contributed by atoms with E-state index in [1.165, 1.54) is 24.3 Å². The van der Waals surface area contributed by atoms with Crippen LogP contribution in [0.3, 0.4) is 0 Å². The lowest BCUT2D eigenvalue weighted by atomic mass is 9.99. The summed E-state index contributed by atoms with van der Waals surface area (Å²) in [7, 11) is 0. The largest absolute Gasteiger partial charge is 0.484 e. The van der Waals surface area contributed by atoms with Gasteiger partial charge in [0.1, 0.15) is 5.75 Å². The molecule has 1 aliphatic heterocycles. The molecule has 0 unspecified atom stereocenters. The standard InChI is InChI=1S/C20H22ClN3O4/c1-14-8-10-23(11-9-14)19-7-2-15(12-18(19)21)22-20(25)13-28-17-5-3-16(4-6-17)24(26)27/h2-7,12,14H,8-11,13H2,1H3,(H,22,25). The first-order chi connectivity index (χ1) is 13.4. The van der Waals surface area contributed by atoms with E-state index in [0.717, 1.165) is 37.5 Å². The van der Waals surface area contributed by atoms with Crippen LogP contribution in [0.1, 0.15) is 19.8 Å². The first kappa shape index (κ1) is 19.9. The second-order valence-corrected chi connectivity index (χ2v) is 7.33. The maximum absolute atomic E-state index is 12.1. The van der Waals surface area contributed by atoms with E-state index in [2.05, 4.69) is 17.1 Å². The minimum absolute atomic E-state index is 0.0327. The highest BCUT2D eigenvalue weighted by Gasteiger charge is 2.18. The van der Waals surface area contributed by atoms with Crippen LogP contribution in [0.25, 0.3) is 0 Å². The average molecular weight is 404 g/mol. The summed E-state index contributed by atoms with van der Waals surface area (Å²) in [4.78, 5) is 24.5. The Morgan fingerprint density at radius 2 is 1.93 bits per heavy atom. The van der Waals surface area contributed by atoms with Gasteiger partial charge in [-0.15, -0.1) is 0 Å². The van der Waals surface area contributed by atoms with Crippen LogP contribution in [0.5, 0.6) is 5.75 Å². The number of piperidine rings is 1. The molecule has 8 heteroatoms. The third kappa shape index (κ3) is 5.13. The number of halogens is 1. The smallest absolute Gasteiger partial charge is 0.269 e. The van der Waals surface area contributed by atoms with Gasteiger partial charge in [-0.1, -0.05) is 18.5 Å². The molecule has 1 N–H and O–H groups in total. The van der Waals surface area contributed by atoms with Crippen LogP contribution in [0, 0.1) is 16.0 Å². The van der Waals surface area contributed by atoms with Crippen LogP contribution in [0.4, 0.5) is 17.1 Å². The van der Waals surface area contributed by atoms with Crippen molar-refractivity contribution >= 4 is 34.6 Å². The molecule has 1 saturated heterocycles. The Balaban J connectivity index is 1.53. The fourth-order valence-electron chi connectivity index (χ4n) is 3.10. The summed E-state index contributed by atoms with van der Waals surface area (Å²) in [6.07, 6.45) is 2.30. The van der Waals surface area contributed by atoms with Crippen LogP contribution in [0.15, 0.2) is 42.5 Å². The van der Waals surface area contributed by atoms with E-state index in [0.29, 0.717) is 16.5 Å². The monoisotopic (exact) mass is 403 g/mol. The molecule has 1 fully saturated rings. The van der Waals surface area contributed by atoms with E-state index in [-0.39, 0.29) is 18.2 Å². The maximum atomic E-state index is 12.1. The number of benzene rings is 2. The molecule has 28 heavy (non-hydrogen) atoms. The fourth-order valence-corrected chi connectivity index (χ4v) is 3.40. The molecule has 0 atom stereocenters. The first-order valence-corrected chi connectivity index (χ1v) is 9.52. The lowest BCUT2D eigenvalue weighted by molar-refractivity contribution is -0.384. The van der Waals surface area contributed by atoms with Gasteiger partial charge < -0.3 is 15.0 Å². The molecule has 148 valence electrons. The van der Waals surface area contributed by atoms with E-state index in [4.69, 9.17) is 16.3 Å². The first-order valence-electron chi connectivity index (χ1n) is 9.14. The number of nitro groups is 1. The number of nitro benzene ring substituents is 1. The van der Waals surface area contributed by atoms with Crippen molar-refractivity contribution in [2.75, 3.05) is 29.9 Å². The molecule has 1 amide bonds. The predicted molar refractivity (Wildman–Crippen MR) is 109 cm³/mol. The lowest BCUT2D eigenvalue weighted by Crippen LogP contribution is -2.32. The zero-order valence-corrected chi connectivity index (χ0v) is 16.3. The molecule has 1 heterocycles. The molecule has 1 aliphatic rings. The van der Waals surface area contributed by atoms with E-state index in [1.807, 2.05) is 12.1 Å². The van der Waals surface area contributed by atoms with Crippen LogP contribution < -0.4 is 15.0 Å². The molecule has 0 bridgehead atoms. The summed E-state index contributed by atoms with van der Waals surface area (Å²) in [6, 6.07) is 11.0. The SMILES string of the molecule is CC1CCN(c2ccc(NC(=O)COc3ccc([N+](=O)[O-])cc3)cc2Cl)CC1. The highest BCUT2D eigenvalue weighted by Crippen LogP contribution is 2.31. The summed E-state index contributed by atoms with van der Waals surface area (Å²) in [5, 5.41) is 14.0. The second-order valence-electron chi connectivity index (χ2n) is 6.92. The van der Waals surface area contributed by atoms with Crippen molar-refractivity contribution in [3.8, 4) is 5.75 Å². The summed E-state index contributed by atoms with van der Waals surface area (Å²) >= 11 is 6.42. The second kappa shape index (κ2) is 8.93. The van der Waals surface area contributed by atoms with Crippen molar-refractivity contribution in [3.05, 3.63) is 57.6 Å². The number of nitrogens with zero attached hydrogens (tertiary/aromatic N) is 2. The number of anilines is 2. The number of non-ortho nitro benzene ring substituents is 1. The van der Waals surface area contributed by atoms with Crippen LogP contribution in [0.2, 0.25) is 5.02 Å². The lowest BCUT2D eigenvalue weighted by Gasteiger charge is -2.32. The van der Waals surface area contributed by atoms with Crippen molar-refractivity contribution in [1.29, 1.82) is 0 Å². The highest BCUT2D eigenvalue weighted by molar-refractivity contribution is 6.33.